The molecule has 2 rings (SSSR count). The van der Waals surface area contributed by atoms with Crippen molar-refractivity contribution in [1.29, 1.82) is 0 Å². The molecule has 0 aromatic carbocycles. The van der Waals surface area contributed by atoms with Gasteiger partial charge in [0.1, 0.15) is 17.3 Å². The number of rotatable bonds is 2. The molecule has 1 aromatic rings. The highest BCUT2D eigenvalue weighted by molar-refractivity contribution is 6.30. The van der Waals surface area contributed by atoms with Gasteiger partial charge in [0, 0.05) is 13.1 Å². The Morgan fingerprint density at radius 2 is 2.06 bits per heavy atom. The maximum atomic E-state index is 9.42. The minimum atomic E-state index is -0.230. The van der Waals surface area contributed by atoms with Crippen LogP contribution >= 0.6 is 11.6 Å². The van der Waals surface area contributed by atoms with Crippen LogP contribution in [0.2, 0.25) is 5.15 Å². The van der Waals surface area contributed by atoms with E-state index in [-0.39, 0.29) is 12.7 Å². The minimum Gasteiger partial charge on any atom is -0.393 e. The van der Waals surface area contributed by atoms with Gasteiger partial charge >= 0.3 is 0 Å². The predicted octanol–water partition coefficient (Wildman–Crippen LogP) is 0.583. The number of hydrogen-bond acceptors (Lipinski definition) is 5. The normalized spacial score (nSPS) is 17.8. The SMILES string of the molecule is OCc1c(Cl)ncnc1N1CCC(O)CC1. The monoisotopic (exact) mass is 243 g/mol. The van der Waals surface area contributed by atoms with E-state index >= 15 is 0 Å². The van der Waals surface area contributed by atoms with Crippen LogP contribution in [0, 0.1) is 0 Å². The van der Waals surface area contributed by atoms with E-state index in [1.807, 2.05) is 4.90 Å². The molecule has 16 heavy (non-hydrogen) atoms. The Labute approximate surface area is 98.7 Å². The van der Waals surface area contributed by atoms with Crippen molar-refractivity contribution in [2.75, 3.05) is 18.0 Å². The van der Waals surface area contributed by atoms with Crippen molar-refractivity contribution in [2.24, 2.45) is 0 Å². The Morgan fingerprint density at radius 3 is 2.69 bits per heavy atom. The summed E-state index contributed by atoms with van der Waals surface area (Å²) in [5.74, 6) is 0.675. The highest BCUT2D eigenvalue weighted by Crippen LogP contribution is 2.25. The fraction of sp³-hybridized carbons (Fsp3) is 0.600. The van der Waals surface area contributed by atoms with Crippen LogP contribution in [0.25, 0.3) is 0 Å². The van der Waals surface area contributed by atoms with Crippen molar-refractivity contribution < 1.29 is 10.2 Å². The molecule has 2 N–H and O–H groups in total. The first-order valence-corrected chi connectivity index (χ1v) is 5.63. The van der Waals surface area contributed by atoms with E-state index < -0.39 is 0 Å². The summed E-state index contributed by atoms with van der Waals surface area (Å²) in [4.78, 5) is 10.0. The fourth-order valence-electron chi connectivity index (χ4n) is 1.87. The third-order valence-electron chi connectivity index (χ3n) is 2.79. The largest absolute Gasteiger partial charge is 0.393 e. The van der Waals surface area contributed by atoms with Gasteiger partial charge in [-0.3, -0.25) is 0 Å². The number of hydrogen-bond donors (Lipinski definition) is 2. The van der Waals surface area contributed by atoms with E-state index in [2.05, 4.69) is 9.97 Å². The number of piperidine rings is 1. The zero-order valence-corrected chi connectivity index (χ0v) is 9.56. The molecule has 0 spiro atoms. The molecule has 5 nitrogen and oxygen atoms in total. The standard InChI is InChI=1S/C10H14ClN3O2/c11-9-8(5-15)10(13-6-12-9)14-3-1-7(16)2-4-14/h6-7,15-16H,1-5H2. The molecule has 0 atom stereocenters. The van der Waals surface area contributed by atoms with Crippen molar-refractivity contribution >= 4 is 17.4 Å². The zero-order valence-electron chi connectivity index (χ0n) is 8.80. The summed E-state index contributed by atoms with van der Waals surface area (Å²) in [7, 11) is 0. The molecule has 1 aromatic heterocycles. The van der Waals surface area contributed by atoms with E-state index in [4.69, 9.17) is 11.6 Å². The first kappa shape index (κ1) is 11.6. The summed E-state index contributed by atoms with van der Waals surface area (Å²) in [5.41, 5.74) is 0.556. The summed E-state index contributed by atoms with van der Waals surface area (Å²) >= 11 is 5.89. The van der Waals surface area contributed by atoms with Crippen molar-refractivity contribution in [3.8, 4) is 0 Å². The fourth-order valence-corrected chi connectivity index (χ4v) is 2.06. The smallest absolute Gasteiger partial charge is 0.140 e. The molecule has 1 saturated heterocycles. The van der Waals surface area contributed by atoms with Crippen LogP contribution in [0.1, 0.15) is 18.4 Å². The molecule has 1 aliphatic heterocycles. The summed E-state index contributed by atoms with van der Waals surface area (Å²) in [5, 5.41) is 19.0. The quantitative estimate of drug-likeness (QED) is 0.744. The van der Waals surface area contributed by atoms with Gasteiger partial charge in [0.2, 0.25) is 0 Å². The van der Waals surface area contributed by atoms with Crippen LogP contribution in [0.15, 0.2) is 6.33 Å². The van der Waals surface area contributed by atoms with Crippen molar-refractivity contribution in [2.45, 2.75) is 25.6 Å². The first-order chi connectivity index (χ1) is 7.72. The Kier molecular flexibility index (Phi) is 3.58. The molecular weight excluding hydrogens is 230 g/mol. The third-order valence-corrected chi connectivity index (χ3v) is 3.12. The van der Waals surface area contributed by atoms with E-state index in [0.717, 1.165) is 13.1 Å². The average Bonchev–Trinajstić information content (AvgIpc) is 2.30. The van der Waals surface area contributed by atoms with E-state index in [0.29, 0.717) is 29.4 Å². The molecule has 0 amide bonds. The number of nitrogens with zero attached hydrogens (tertiary/aromatic N) is 3. The lowest BCUT2D eigenvalue weighted by Crippen LogP contribution is -2.37. The molecule has 1 aliphatic rings. The Balaban J connectivity index is 2.23. The Morgan fingerprint density at radius 1 is 1.38 bits per heavy atom. The molecule has 1 fully saturated rings. The second-order valence-electron chi connectivity index (χ2n) is 3.84. The molecule has 0 aliphatic carbocycles. The van der Waals surface area contributed by atoms with Gasteiger partial charge < -0.3 is 15.1 Å². The zero-order chi connectivity index (χ0) is 11.5. The van der Waals surface area contributed by atoms with Gasteiger partial charge in [-0.2, -0.15) is 0 Å². The van der Waals surface area contributed by atoms with Crippen molar-refractivity contribution in [1.82, 2.24) is 9.97 Å². The molecule has 0 unspecified atom stereocenters. The lowest BCUT2D eigenvalue weighted by molar-refractivity contribution is 0.145. The van der Waals surface area contributed by atoms with Crippen LogP contribution in [0.5, 0.6) is 0 Å². The van der Waals surface area contributed by atoms with E-state index in [1.165, 1.54) is 6.33 Å². The van der Waals surface area contributed by atoms with Gasteiger partial charge in [-0.1, -0.05) is 11.6 Å². The number of aromatic nitrogens is 2. The van der Waals surface area contributed by atoms with Crippen LogP contribution in [-0.2, 0) is 6.61 Å². The second kappa shape index (κ2) is 4.95. The second-order valence-corrected chi connectivity index (χ2v) is 4.20. The molecule has 0 bridgehead atoms. The topological polar surface area (TPSA) is 69.5 Å². The minimum absolute atomic E-state index is 0.173. The number of aliphatic hydroxyl groups excluding tert-OH is 2. The Bertz CT molecular complexity index is 367. The molecule has 6 heteroatoms. The van der Waals surface area contributed by atoms with Gasteiger partial charge in [0.15, 0.2) is 0 Å². The van der Waals surface area contributed by atoms with Crippen molar-refractivity contribution in [3.05, 3.63) is 17.0 Å². The molecule has 2 heterocycles. The van der Waals surface area contributed by atoms with Crippen molar-refractivity contribution in [3.63, 3.8) is 0 Å². The lowest BCUT2D eigenvalue weighted by atomic mass is 10.1. The van der Waals surface area contributed by atoms with Crippen LogP contribution in [-0.4, -0.2) is 39.4 Å². The van der Waals surface area contributed by atoms with Gasteiger partial charge in [0.25, 0.3) is 0 Å². The maximum absolute atomic E-state index is 9.42. The van der Waals surface area contributed by atoms with Crippen LogP contribution in [0.3, 0.4) is 0 Å². The average molecular weight is 244 g/mol. The highest BCUT2D eigenvalue weighted by atomic mass is 35.5. The van der Waals surface area contributed by atoms with Gasteiger partial charge in [-0.15, -0.1) is 0 Å². The summed E-state index contributed by atoms with van der Waals surface area (Å²) in [6, 6.07) is 0. The maximum Gasteiger partial charge on any atom is 0.140 e. The predicted molar refractivity (Wildman–Crippen MR) is 60.4 cm³/mol. The van der Waals surface area contributed by atoms with E-state index in [1.54, 1.807) is 0 Å². The Hall–Kier alpha value is -0.910. The number of halogens is 1. The molecule has 88 valence electrons. The van der Waals surface area contributed by atoms with Gasteiger partial charge in [-0.25, -0.2) is 9.97 Å². The third kappa shape index (κ3) is 2.26. The van der Waals surface area contributed by atoms with Crippen LogP contribution in [0.4, 0.5) is 5.82 Å². The van der Waals surface area contributed by atoms with Gasteiger partial charge in [-0.05, 0) is 12.8 Å². The number of anilines is 1. The molecular formula is C10H14ClN3O2. The molecule has 0 radical (unpaired) electrons. The van der Waals surface area contributed by atoms with Crippen LogP contribution < -0.4 is 4.90 Å². The highest BCUT2D eigenvalue weighted by Gasteiger charge is 2.21. The summed E-state index contributed by atoms with van der Waals surface area (Å²) < 4.78 is 0. The lowest BCUT2D eigenvalue weighted by Gasteiger charge is -2.31. The molecule has 0 saturated carbocycles. The van der Waals surface area contributed by atoms with E-state index in [9.17, 15) is 10.2 Å². The number of aliphatic hydroxyl groups is 2. The summed E-state index contributed by atoms with van der Waals surface area (Å²) in [6.45, 7) is 1.27. The summed E-state index contributed by atoms with van der Waals surface area (Å²) in [6.07, 6.45) is 2.59. The first-order valence-electron chi connectivity index (χ1n) is 5.25. The van der Waals surface area contributed by atoms with Gasteiger partial charge in [0.05, 0.1) is 18.3 Å².